The molecule has 0 aromatic heterocycles. The lowest BCUT2D eigenvalue weighted by molar-refractivity contribution is -0.136. The molecule has 0 aliphatic rings. The first-order chi connectivity index (χ1) is 6.73. The number of hydrogen-bond donors (Lipinski definition) is 2. The van der Waals surface area contributed by atoms with Crippen molar-refractivity contribution < 1.29 is 19.4 Å². The van der Waals surface area contributed by atoms with Gasteiger partial charge in [-0.05, 0) is 27.7 Å². The molecule has 0 saturated carbocycles. The lowest BCUT2D eigenvalue weighted by Crippen LogP contribution is -2.02. The van der Waals surface area contributed by atoms with Gasteiger partial charge in [-0.15, -0.1) is 0 Å². The van der Waals surface area contributed by atoms with Crippen molar-refractivity contribution in [2.45, 2.75) is 27.7 Å². The van der Waals surface area contributed by atoms with Gasteiger partial charge in [0.25, 0.3) is 0 Å². The molecule has 94 valence electrons. The summed E-state index contributed by atoms with van der Waals surface area (Å²) in [6, 6.07) is 0. The van der Waals surface area contributed by atoms with E-state index < -0.39 is 5.97 Å². The normalized spacial score (nSPS) is 7.56. The first-order valence-corrected chi connectivity index (χ1v) is 4.35. The summed E-state index contributed by atoms with van der Waals surface area (Å²) < 4.78 is 4.48. The van der Waals surface area contributed by atoms with Crippen molar-refractivity contribution in [3.63, 3.8) is 0 Å². The molecule has 0 aromatic carbocycles. The zero-order valence-electron chi connectivity index (χ0n) is 10.6. The summed E-state index contributed by atoms with van der Waals surface area (Å²) in [6.07, 6.45) is 0. The van der Waals surface area contributed by atoms with Crippen LogP contribution in [0.1, 0.15) is 27.7 Å². The Morgan fingerprint density at radius 3 is 1.50 bits per heavy atom. The highest BCUT2D eigenvalue weighted by Gasteiger charge is 2.02. The Morgan fingerprint density at radius 2 is 1.44 bits per heavy atom. The van der Waals surface area contributed by atoms with E-state index in [0.717, 1.165) is 5.57 Å². The number of methoxy groups -OCH3 is 1. The third kappa shape index (κ3) is 10.5. The minimum absolute atomic E-state index is 0. The number of hydrogen-bond acceptors (Lipinski definition) is 4. The van der Waals surface area contributed by atoms with E-state index >= 15 is 0 Å². The fourth-order valence-corrected chi connectivity index (χ4v) is 0.357. The Hall–Kier alpha value is -1.62. The smallest absolute Gasteiger partial charge is 0.333 e. The molecule has 0 rings (SSSR count). The monoisotopic (exact) mass is 231 g/mol. The van der Waals surface area contributed by atoms with Crippen molar-refractivity contribution in [3.8, 4) is 0 Å². The average molecular weight is 231 g/mol. The Bertz CT molecular complexity index is 276. The summed E-state index contributed by atoms with van der Waals surface area (Å²) in [5.74, 6) is -1.18. The quantitative estimate of drug-likeness (QED) is 0.561. The molecule has 5 nitrogen and oxygen atoms in total. The van der Waals surface area contributed by atoms with Crippen LogP contribution in [0.2, 0.25) is 0 Å². The number of ether oxygens (including phenoxy) is 1. The van der Waals surface area contributed by atoms with Crippen molar-refractivity contribution in [2.75, 3.05) is 7.11 Å². The molecule has 0 amide bonds. The van der Waals surface area contributed by atoms with E-state index in [2.05, 4.69) is 11.3 Å². The van der Waals surface area contributed by atoms with Crippen molar-refractivity contribution in [2.24, 2.45) is 0 Å². The van der Waals surface area contributed by atoms with E-state index in [-0.39, 0.29) is 17.7 Å². The minimum Gasteiger partial charge on any atom is -0.478 e. The summed E-state index contributed by atoms with van der Waals surface area (Å²) >= 11 is 0. The Morgan fingerprint density at radius 1 is 1.12 bits per heavy atom. The van der Waals surface area contributed by atoms with E-state index in [0.29, 0.717) is 5.57 Å². The molecule has 0 saturated heterocycles. The van der Waals surface area contributed by atoms with Gasteiger partial charge in [-0.1, -0.05) is 12.2 Å². The maximum absolute atomic E-state index is 10.7. The van der Waals surface area contributed by atoms with Gasteiger partial charge in [-0.3, -0.25) is 0 Å². The number of rotatable bonds is 2. The predicted octanol–water partition coefficient (Wildman–Crippen LogP) is 2.32. The molecule has 0 aliphatic carbocycles. The van der Waals surface area contributed by atoms with Gasteiger partial charge < -0.3 is 16.0 Å². The number of carbonyl (C=O) groups excluding carboxylic acids is 1. The molecule has 5 heteroatoms. The summed E-state index contributed by atoms with van der Waals surface area (Å²) in [4.78, 5) is 20.3. The largest absolute Gasteiger partial charge is 0.478 e. The van der Waals surface area contributed by atoms with Crippen LogP contribution in [0.25, 0.3) is 0 Å². The number of aliphatic carboxylic acids is 1. The highest BCUT2D eigenvalue weighted by atomic mass is 16.5. The van der Waals surface area contributed by atoms with Gasteiger partial charge in [0.1, 0.15) is 0 Å². The zero-order chi connectivity index (χ0) is 12.6. The molecule has 16 heavy (non-hydrogen) atoms. The van der Waals surface area contributed by atoms with Crippen LogP contribution >= 0.6 is 0 Å². The van der Waals surface area contributed by atoms with E-state index in [1.807, 2.05) is 13.8 Å². The van der Waals surface area contributed by atoms with Crippen LogP contribution in [0.3, 0.4) is 0 Å². The molecular formula is C11H21NO4. The molecule has 0 spiro atoms. The van der Waals surface area contributed by atoms with Crippen LogP contribution in [0.4, 0.5) is 0 Å². The SMILES string of the molecule is C=C(C)C(=O)O.COC(=O)C(C)=C(C)C.N. The van der Waals surface area contributed by atoms with Crippen LogP contribution in [0, 0.1) is 0 Å². The molecule has 0 radical (unpaired) electrons. The van der Waals surface area contributed by atoms with Gasteiger partial charge in [0, 0.05) is 11.1 Å². The number of carboxylic acids is 1. The second-order valence-corrected chi connectivity index (χ2v) is 3.20. The van der Waals surface area contributed by atoms with E-state index in [4.69, 9.17) is 5.11 Å². The fourth-order valence-electron chi connectivity index (χ4n) is 0.357. The van der Waals surface area contributed by atoms with Crippen molar-refractivity contribution in [3.05, 3.63) is 23.3 Å². The van der Waals surface area contributed by atoms with E-state index in [9.17, 15) is 9.59 Å². The molecule has 0 unspecified atom stereocenters. The lowest BCUT2D eigenvalue weighted by Gasteiger charge is -1.98. The summed E-state index contributed by atoms with van der Waals surface area (Å²) in [5.41, 5.74) is 1.87. The minimum atomic E-state index is -0.935. The van der Waals surface area contributed by atoms with Gasteiger partial charge in [0.15, 0.2) is 0 Å². The van der Waals surface area contributed by atoms with Gasteiger partial charge in [-0.2, -0.15) is 0 Å². The number of allylic oxidation sites excluding steroid dienone is 1. The molecule has 4 N–H and O–H groups in total. The second kappa shape index (κ2) is 9.92. The summed E-state index contributed by atoms with van der Waals surface area (Å²) in [7, 11) is 1.38. The van der Waals surface area contributed by atoms with Gasteiger partial charge in [0.2, 0.25) is 0 Å². The molecule has 0 aliphatic heterocycles. The highest BCUT2D eigenvalue weighted by molar-refractivity contribution is 5.88. The van der Waals surface area contributed by atoms with Crippen molar-refractivity contribution in [1.82, 2.24) is 6.15 Å². The Balaban J connectivity index is -0.000000214. The number of carbonyl (C=O) groups is 2. The van der Waals surface area contributed by atoms with Gasteiger partial charge in [0.05, 0.1) is 7.11 Å². The maximum Gasteiger partial charge on any atom is 0.333 e. The van der Waals surface area contributed by atoms with Crippen LogP contribution < -0.4 is 6.15 Å². The van der Waals surface area contributed by atoms with E-state index in [1.165, 1.54) is 14.0 Å². The Kier molecular flexibility index (Phi) is 12.3. The molecule has 0 aromatic rings. The molecule has 0 fully saturated rings. The summed E-state index contributed by atoms with van der Waals surface area (Å²) in [5, 5.41) is 7.89. The third-order valence-corrected chi connectivity index (χ3v) is 1.61. The lowest BCUT2D eigenvalue weighted by atomic mass is 10.2. The van der Waals surface area contributed by atoms with Crippen LogP contribution in [-0.2, 0) is 14.3 Å². The molecule has 0 atom stereocenters. The van der Waals surface area contributed by atoms with Crippen LogP contribution in [0.5, 0.6) is 0 Å². The number of esters is 1. The third-order valence-electron chi connectivity index (χ3n) is 1.61. The average Bonchev–Trinajstić information content (AvgIpc) is 2.16. The maximum atomic E-state index is 10.7. The van der Waals surface area contributed by atoms with Crippen molar-refractivity contribution >= 4 is 11.9 Å². The highest BCUT2D eigenvalue weighted by Crippen LogP contribution is 2.02. The zero-order valence-corrected chi connectivity index (χ0v) is 10.6. The second-order valence-electron chi connectivity index (χ2n) is 3.20. The molecule has 0 heterocycles. The standard InChI is InChI=1S/C7H12O2.C4H6O2.H3N/c1-5(2)6(3)7(8)9-4;1-3(2)4(5)6;/h1-4H3;1H2,2H3,(H,5,6);1H3. The van der Waals surface area contributed by atoms with Crippen LogP contribution in [0.15, 0.2) is 23.3 Å². The number of carboxylic acid groups (broad SMARTS) is 1. The fraction of sp³-hybridized carbons (Fsp3) is 0.455. The summed E-state index contributed by atoms with van der Waals surface area (Å²) in [6.45, 7) is 10.1. The van der Waals surface area contributed by atoms with Crippen molar-refractivity contribution in [1.29, 1.82) is 0 Å². The topological polar surface area (TPSA) is 98.6 Å². The van der Waals surface area contributed by atoms with Gasteiger partial charge in [-0.25, -0.2) is 9.59 Å². The first-order valence-electron chi connectivity index (χ1n) is 4.35. The van der Waals surface area contributed by atoms with E-state index in [1.54, 1.807) is 6.92 Å². The molecule has 0 bridgehead atoms. The predicted molar refractivity (Wildman–Crippen MR) is 63.5 cm³/mol. The van der Waals surface area contributed by atoms with Crippen LogP contribution in [-0.4, -0.2) is 24.2 Å². The first kappa shape index (κ1) is 19.9. The molecular weight excluding hydrogens is 210 g/mol. The Labute approximate surface area is 96.4 Å². The van der Waals surface area contributed by atoms with Gasteiger partial charge >= 0.3 is 11.9 Å².